The van der Waals surface area contributed by atoms with Crippen LogP contribution in [0.2, 0.25) is 0 Å². The van der Waals surface area contributed by atoms with Gasteiger partial charge in [-0.25, -0.2) is 10.3 Å². The smallest absolute Gasteiger partial charge is 0.407 e. The van der Waals surface area contributed by atoms with E-state index in [0.717, 1.165) is 37.7 Å². The van der Waals surface area contributed by atoms with Gasteiger partial charge in [0.15, 0.2) is 0 Å². The predicted molar refractivity (Wildman–Crippen MR) is 101 cm³/mol. The van der Waals surface area contributed by atoms with Crippen LogP contribution in [-0.2, 0) is 21.0 Å². The molecular formula is C20H32N2O4. The van der Waals surface area contributed by atoms with E-state index in [4.69, 9.17) is 9.57 Å². The van der Waals surface area contributed by atoms with Crippen LogP contribution < -0.4 is 10.8 Å². The second-order valence-corrected chi connectivity index (χ2v) is 7.25. The van der Waals surface area contributed by atoms with Gasteiger partial charge in [0.2, 0.25) is 5.91 Å². The third-order valence-corrected chi connectivity index (χ3v) is 3.52. The molecular weight excluding hydrogens is 332 g/mol. The first-order valence-electron chi connectivity index (χ1n) is 9.28. The molecule has 0 unspecified atom stereocenters. The summed E-state index contributed by atoms with van der Waals surface area (Å²) >= 11 is 0. The standard InChI is InChI=1S/C20H32N2O4/c1-20(2,3)26-19(24)21-15-11-6-4-5-10-14-18(23)22-25-16-17-12-8-7-9-13-17/h7-9,12-13H,4-6,10-11,14-16H2,1-3H3,(H,21,24)(H,22,23). The summed E-state index contributed by atoms with van der Waals surface area (Å²) in [5.74, 6) is -0.0903. The van der Waals surface area contributed by atoms with E-state index >= 15 is 0 Å². The number of carbonyl (C=O) groups excluding carboxylic acids is 2. The third kappa shape index (κ3) is 12.3. The highest BCUT2D eigenvalue weighted by Crippen LogP contribution is 2.07. The number of carbonyl (C=O) groups is 2. The summed E-state index contributed by atoms with van der Waals surface area (Å²) in [6.45, 7) is 6.51. The summed E-state index contributed by atoms with van der Waals surface area (Å²) in [5.41, 5.74) is 3.03. The molecule has 26 heavy (non-hydrogen) atoms. The van der Waals surface area contributed by atoms with Gasteiger partial charge in [-0.15, -0.1) is 0 Å². The minimum atomic E-state index is -0.463. The molecule has 0 aliphatic carbocycles. The molecule has 1 rings (SSSR count). The molecule has 0 bridgehead atoms. The van der Waals surface area contributed by atoms with E-state index in [1.165, 1.54) is 0 Å². The fraction of sp³-hybridized carbons (Fsp3) is 0.600. The zero-order valence-corrected chi connectivity index (χ0v) is 16.2. The number of amides is 2. The molecule has 0 radical (unpaired) electrons. The fourth-order valence-corrected chi connectivity index (χ4v) is 2.27. The van der Waals surface area contributed by atoms with Gasteiger partial charge >= 0.3 is 6.09 Å². The lowest BCUT2D eigenvalue weighted by atomic mass is 10.1. The van der Waals surface area contributed by atoms with Crippen LogP contribution >= 0.6 is 0 Å². The first kappa shape index (κ1) is 22.0. The van der Waals surface area contributed by atoms with Crippen molar-refractivity contribution in [3.8, 4) is 0 Å². The van der Waals surface area contributed by atoms with Crippen molar-refractivity contribution in [2.24, 2.45) is 0 Å². The number of nitrogens with one attached hydrogen (secondary N) is 2. The molecule has 0 atom stereocenters. The number of hydrogen-bond acceptors (Lipinski definition) is 4. The Balaban J connectivity index is 1.90. The Labute approximate surface area is 156 Å². The van der Waals surface area contributed by atoms with Gasteiger partial charge in [0.1, 0.15) is 5.60 Å². The number of benzene rings is 1. The summed E-state index contributed by atoms with van der Waals surface area (Å²) in [6.07, 6.45) is 4.87. The van der Waals surface area contributed by atoms with E-state index in [9.17, 15) is 9.59 Å². The van der Waals surface area contributed by atoms with E-state index in [1.807, 2.05) is 51.1 Å². The van der Waals surface area contributed by atoms with Crippen molar-refractivity contribution < 1.29 is 19.2 Å². The first-order chi connectivity index (χ1) is 12.4. The molecule has 0 aliphatic rings. The number of unbranched alkanes of at least 4 members (excludes halogenated alkanes) is 4. The van der Waals surface area contributed by atoms with Crippen LogP contribution in [0.1, 0.15) is 64.9 Å². The Morgan fingerprint density at radius 3 is 2.31 bits per heavy atom. The SMILES string of the molecule is CC(C)(C)OC(=O)NCCCCCCCC(=O)NOCc1ccccc1. The molecule has 146 valence electrons. The minimum absolute atomic E-state index is 0.0903. The van der Waals surface area contributed by atoms with Crippen molar-refractivity contribution in [2.45, 2.75) is 71.5 Å². The summed E-state index contributed by atoms with van der Waals surface area (Å²) in [4.78, 5) is 28.3. The van der Waals surface area contributed by atoms with Gasteiger partial charge in [-0.2, -0.15) is 0 Å². The normalized spacial score (nSPS) is 11.0. The molecule has 0 heterocycles. The van der Waals surface area contributed by atoms with E-state index in [-0.39, 0.29) is 12.0 Å². The number of hydroxylamine groups is 1. The zero-order valence-electron chi connectivity index (χ0n) is 16.2. The van der Waals surface area contributed by atoms with Crippen molar-refractivity contribution in [3.05, 3.63) is 35.9 Å². The summed E-state index contributed by atoms with van der Waals surface area (Å²) < 4.78 is 5.16. The van der Waals surface area contributed by atoms with Crippen LogP contribution in [0.25, 0.3) is 0 Å². The van der Waals surface area contributed by atoms with Crippen LogP contribution in [0.5, 0.6) is 0 Å². The van der Waals surface area contributed by atoms with Gasteiger partial charge in [0, 0.05) is 13.0 Å². The molecule has 1 aromatic rings. The quantitative estimate of drug-likeness (QED) is 0.458. The Hall–Kier alpha value is -2.08. The van der Waals surface area contributed by atoms with Crippen molar-refractivity contribution in [1.82, 2.24) is 10.8 Å². The van der Waals surface area contributed by atoms with Crippen LogP contribution in [0.3, 0.4) is 0 Å². The van der Waals surface area contributed by atoms with Gasteiger partial charge in [-0.05, 0) is 39.2 Å². The maximum absolute atomic E-state index is 11.7. The molecule has 2 N–H and O–H groups in total. The van der Waals surface area contributed by atoms with Crippen molar-refractivity contribution >= 4 is 12.0 Å². The van der Waals surface area contributed by atoms with Crippen LogP contribution in [0.4, 0.5) is 4.79 Å². The molecule has 2 amide bonds. The minimum Gasteiger partial charge on any atom is -0.444 e. The summed E-state index contributed by atoms with van der Waals surface area (Å²) in [6, 6.07) is 9.70. The second-order valence-electron chi connectivity index (χ2n) is 7.25. The number of alkyl carbamates (subject to hydrolysis) is 1. The molecule has 0 spiro atoms. The number of hydrogen-bond donors (Lipinski definition) is 2. The topological polar surface area (TPSA) is 76.7 Å². The summed E-state index contributed by atoms with van der Waals surface area (Å²) in [5, 5.41) is 2.74. The van der Waals surface area contributed by atoms with E-state index < -0.39 is 5.60 Å². The molecule has 1 aromatic carbocycles. The van der Waals surface area contributed by atoms with Gasteiger partial charge in [0.05, 0.1) is 6.61 Å². The van der Waals surface area contributed by atoms with Crippen molar-refractivity contribution in [2.75, 3.05) is 6.54 Å². The largest absolute Gasteiger partial charge is 0.444 e. The lowest BCUT2D eigenvalue weighted by Gasteiger charge is -2.19. The van der Waals surface area contributed by atoms with Gasteiger partial charge in [0.25, 0.3) is 0 Å². The van der Waals surface area contributed by atoms with Crippen LogP contribution in [0.15, 0.2) is 30.3 Å². The number of rotatable bonds is 11. The average Bonchev–Trinajstić information content (AvgIpc) is 2.56. The molecule has 0 aliphatic heterocycles. The maximum atomic E-state index is 11.7. The van der Waals surface area contributed by atoms with Gasteiger partial charge < -0.3 is 10.1 Å². The molecule has 6 heteroatoms. The van der Waals surface area contributed by atoms with Crippen molar-refractivity contribution in [3.63, 3.8) is 0 Å². The highest BCUT2D eigenvalue weighted by atomic mass is 16.6. The molecule has 0 fully saturated rings. The zero-order chi connectivity index (χ0) is 19.3. The predicted octanol–water partition coefficient (Wildman–Crippen LogP) is 4.10. The fourth-order valence-electron chi connectivity index (χ4n) is 2.27. The van der Waals surface area contributed by atoms with E-state index in [2.05, 4.69) is 10.8 Å². The second kappa shape index (κ2) is 12.3. The van der Waals surface area contributed by atoms with E-state index in [1.54, 1.807) is 0 Å². The Morgan fingerprint density at radius 1 is 0.962 bits per heavy atom. The average molecular weight is 364 g/mol. The van der Waals surface area contributed by atoms with Crippen LogP contribution in [0, 0.1) is 0 Å². The first-order valence-corrected chi connectivity index (χ1v) is 9.28. The highest BCUT2D eigenvalue weighted by molar-refractivity contribution is 5.74. The maximum Gasteiger partial charge on any atom is 0.407 e. The van der Waals surface area contributed by atoms with Gasteiger partial charge in [-0.3, -0.25) is 9.63 Å². The highest BCUT2D eigenvalue weighted by Gasteiger charge is 2.15. The number of ether oxygens (including phenoxy) is 1. The third-order valence-electron chi connectivity index (χ3n) is 3.52. The monoisotopic (exact) mass is 364 g/mol. The molecule has 0 saturated heterocycles. The van der Waals surface area contributed by atoms with Gasteiger partial charge in [-0.1, -0.05) is 49.6 Å². The van der Waals surface area contributed by atoms with E-state index in [0.29, 0.717) is 19.6 Å². The van der Waals surface area contributed by atoms with Crippen LogP contribution in [-0.4, -0.2) is 24.1 Å². The molecule has 0 aromatic heterocycles. The Bertz CT molecular complexity index is 526. The molecule has 6 nitrogen and oxygen atoms in total. The molecule has 0 saturated carbocycles. The Kier molecular flexibility index (Phi) is 10.4. The Morgan fingerprint density at radius 2 is 1.62 bits per heavy atom. The lowest BCUT2D eigenvalue weighted by molar-refractivity contribution is -0.134. The van der Waals surface area contributed by atoms with Crippen molar-refractivity contribution in [1.29, 1.82) is 0 Å². The summed E-state index contributed by atoms with van der Waals surface area (Å²) in [7, 11) is 0. The lowest BCUT2D eigenvalue weighted by Crippen LogP contribution is -2.32.